The predicted octanol–water partition coefficient (Wildman–Crippen LogP) is 1.41. The number of likely N-dealkylation sites (tertiary alicyclic amines) is 1. The molecule has 1 saturated heterocycles. The van der Waals surface area contributed by atoms with Gasteiger partial charge in [-0.2, -0.15) is 0 Å². The molecule has 1 spiro atoms. The topological polar surface area (TPSA) is 57.6 Å². The summed E-state index contributed by atoms with van der Waals surface area (Å²) >= 11 is 1.40. The Kier molecular flexibility index (Phi) is 2.21. The van der Waals surface area contributed by atoms with E-state index in [0.29, 0.717) is 18.3 Å². The van der Waals surface area contributed by atoms with E-state index in [4.69, 9.17) is 5.11 Å². The van der Waals surface area contributed by atoms with Gasteiger partial charge in [0.25, 0.3) is 0 Å². The highest BCUT2D eigenvalue weighted by Crippen LogP contribution is 2.52. The Bertz CT molecular complexity index is 278. The van der Waals surface area contributed by atoms with Gasteiger partial charge in [0.05, 0.1) is 0 Å². The third-order valence-electron chi connectivity index (χ3n) is 2.98. The molecule has 78 valence electrons. The Morgan fingerprint density at radius 1 is 1.43 bits per heavy atom. The molecule has 2 fully saturated rings. The first-order valence-corrected chi connectivity index (χ1v) is 5.54. The quantitative estimate of drug-likeness (QED) is 0.718. The lowest BCUT2D eigenvalue weighted by molar-refractivity contribution is -0.109. The molecule has 1 N–H and O–H groups in total. The largest absolute Gasteiger partial charge is 0.465 e. The molecule has 2 rings (SSSR count). The SMILES string of the molecule is CC(=O)SC1CC2(C1)CN(C(=O)O)C2. The molecule has 0 aromatic heterocycles. The van der Waals surface area contributed by atoms with Crippen molar-refractivity contribution in [2.24, 2.45) is 5.41 Å². The van der Waals surface area contributed by atoms with Crippen molar-refractivity contribution >= 4 is 23.0 Å². The standard InChI is InChI=1S/C9H13NO3S/c1-6(11)14-7-2-9(3-7)4-10(5-9)8(12)13/h7H,2-5H2,1H3,(H,12,13). The van der Waals surface area contributed by atoms with Crippen molar-refractivity contribution in [1.29, 1.82) is 0 Å². The number of carbonyl (C=O) groups is 2. The van der Waals surface area contributed by atoms with E-state index in [9.17, 15) is 9.59 Å². The van der Waals surface area contributed by atoms with Crippen LogP contribution in [0.5, 0.6) is 0 Å². The molecule has 0 radical (unpaired) electrons. The molecule has 0 aromatic rings. The average Bonchev–Trinajstić information content (AvgIpc) is 1.89. The van der Waals surface area contributed by atoms with Gasteiger partial charge in [-0.05, 0) is 12.8 Å². The molecule has 14 heavy (non-hydrogen) atoms. The molecule has 1 amide bonds. The molecule has 0 aromatic carbocycles. The maximum absolute atomic E-state index is 10.8. The van der Waals surface area contributed by atoms with E-state index < -0.39 is 6.09 Å². The zero-order valence-electron chi connectivity index (χ0n) is 8.02. The molecule has 1 saturated carbocycles. The van der Waals surface area contributed by atoms with Gasteiger partial charge in [0.15, 0.2) is 5.12 Å². The molecule has 1 aliphatic heterocycles. The zero-order valence-corrected chi connectivity index (χ0v) is 8.84. The van der Waals surface area contributed by atoms with Crippen molar-refractivity contribution in [2.75, 3.05) is 13.1 Å². The number of hydrogen-bond donors (Lipinski definition) is 1. The van der Waals surface area contributed by atoms with Crippen molar-refractivity contribution in [3.8, 4) is 0 Å². The van der Waals surface area contributed by atoms with Crippen molar-refractivity contribution < 1.29 is 14.7 Å². The Morgan fingerprint density at radius 2 is 2.00 bits per heavy atom. The van der Waals surface area contributed by atoms with Gasteiger partial charge in [0.2, 0.25) is 0 Å². The summed E-state index contributed by atoms with van der Waals surface area (Å²) in [4.78, 5) is 22.8. The lowest BCUT2D eigenvalue weighted by Crippen LogP contribution is -2.64. The zero-order chi connectivity index (χ0) is 10.3. The first kappa shape index (κ1) is 9.83. The van der Waals surface area contributed by atoms with E-state index in [1.165, 1.54) is 16.7 Å². The number of thioether (sulfide) groups is 1. The minimum Gasteiger partial charge on any atom is -0.465 e. The number of carboxylic acid groups (broad SMARTS) is 1. The number of hydrogen-bond acceptors (Lipinski definition) is 3. The minimum absolute atomic E-state index is 0.166. The van der Waals surface area contributed by atoms with Crippen LogP contribution in [0.15, 0.2) is 0 Å². The van der Waals surface area contributed by atoms with Gasteiger partial charge in [-0.1, -0.05) is 11.8 Å². The number of rotatable bonds is 1. The van der Waals surface area contributed by atoms with E-state index in [0.717, 1.165) is 12.8 Å². The summed E-state index contributed by atoms with van der Waals surface area (Å²) in [6.45, 7) is 2.91. The number of amides is 1. The first-order chi connectivity index (χ1) is 6.51. The van der Waals surface area contributed by atoms with Gasteiger partial charge < -0.3 is 10.0 Å². The van der Waals surface area contributed by atoms with Gasteiger partial charge in [-0.25, -0.2) is 4.79 Å². The van der Waals surface area contributed by atoms with Crippen molar-refractivity contribution in [2.45, 2.75) is 25.0 Å². The van der Waals surface area contributed by atoms with E-state index >= 15 is 0 Å². The summed E-state index contributed by atoms with van der Waals surface area (Å²) in [6, 6.07) is 0. The molecule has 1 heterocycles. The Morgan fingerprint density at radius 3 is 2.43 bits per heavy atom. The average molecular weight is 215 g/mol. The Hall–Kier alpha value is -0.710. The number of carbonyl (C=O) groups excluding carboxylic acids is 1. The van der Waals surface area contributed by atoms with Gasteiger partial charge in [-0.15, -0.1) is 0 Å². The monoisotopic (exact) mass is 215 g/mol. The predicted molar refractivity (Wildman–Crippen MR) is 53.3 cm³/mol. The summed E-state index contributed by atoms with van der Waals surface area (Å²) < 4.78 is 0. The first-order valence-electron chi connectivity index (χ1n) is 4.66. The lowest BCUT2D eigenvalue weighted by Gasteiger charge is -2.57. The third kappa shape index (κ3) is 1.61. The van der Waals surface area contributed by atoms with E-state index in [-0.39, 0.29) is 10.5 Å². The summed E-state index contributed by atoms with van der Waals surface area (Å²) in [6.07, 6.45) is 1.18. The molecule has 2 aliphatic rings. The molecule has 4 nitrogen and oxygen atoms in total. The number of nitrogens with zero attached hydrogens (tertiary/aromatic N) is 1. The van der Waals surface area contributed by atoms with Crippen LogP contribution in [0.25, 0.3) is 0 Å². The Labute approximate surface area is 86.6 Å². The fourth-order valence-electron chi connectivity index (χ4n) is 2.38. The smallest absolute Gasteiger partial charge is 0.407 e. The summed E-state index contributed by atoms with van der Waals surface area (Å²) in [5, 5.41) is 9.26. The fraction of sp³-hybridized carbons (Fsp3) is 0.778. The highest BCUT2D eigenvalue weighted by atomic mass is 32.2. The van der Waals surface area contributed by atoms with Crippen LogP contribution in [0.1, 0.15) is 19.8 Å². The van der Waals surface area contributed by atoms with E-state index in [2.05, 4.69) is 0 Å². The van der Waals surface area contributed by atoms with E-state index in [1.807, 2.05) is 0 Å². The van der Waals surface area contributed by atoms with Crippen LogP contribution >= 0.6 is 11.8 Å². The van der Waals surface area contributed by atoms with Gasteiger partial charge in [-0.3, -0.25) is 4.79 Å². The highest BCUT2D eigenvalue weighted by molar-refractivity contribution is 8.14. The minimum atomic E-state index is -0.821. The van der Waals surface area contributed by atoms with Crippen LogP contribution in [0.4, 0.5) is 4.79 Å². The second-order valence-corrected chi connectivity index (χ2v) is 5.76. The summed E-state index contributed by atoms with van der Waals surface area (Å²) in [5.41, 5.74) is 0.228. The van der Waals surface area contributed by atoms with Gasteiger partial charge in [0.1, 0.15) is 0 Å². The van der Waals surface area contributed by atoms with Crippen LogP contribution in [0.2, 0.25) is 0 Å². The highest BCUT2D eigenvalue weighted by Gasteiger charge is 2.54. The fourth-order valence-corrected chi connectivity index (χ4v) is 3.72. The van der Waals surface area contributed by atoms with Crippen LogP contribution in [0, 0.1) is 5.41 Å². The normalized spacial score (nSPS) is 24.2. The van der Waals surface area contributed by atoms with Crippen LogP contribution < -0.4 is 0 Å². The molecule has 1 aliphatic carbocycles. The molecular weight excluding hydrogens is 202 g/mol. The van der Waals surface area contributed by atoms with Crippen molar-refractivity contribution in [3.05, 3.63) is 0 Å². The lowest BCUT2D eigenvalue weighted by atomic mass is 9.63. The maximum atomic E-state index is 10.8. The van der Waals surface area contributed by atoms with Gasteiger partial charge in [0, 0.05) is 30.7 Å². The van der Waals surface area contributed by atoms with Crippen LogP contribution in [-0.4, -0.2) is 39.6 Å². The van der Waals surface area contributed by atoms with Gasteiger partial charge >= 0.3 is 6.09 Å². The summed E-state index contributed by atoms with van der Waals surface area (Å²) in [7, 11) is 0. The maximum Gasteiger partial charge on any atom is 0.407 e. The third-order valence-corrected chi connectivity index (χ3v) is 3.98. The van der Waals surface area contributed by atoms with Crippen LogP contribution in [0.3, 0.4) is 0 Å². The molecule has 5 heteroatoms. The van der Waals surface area contributed by atoms with Crippen LogP contribution in [-0.2, 0) is 4.79 Å². The second-order valence-electron chi connectivity index (χ2n) is 4.28. The molecule has 0 bridgehead atoms. The van der Waals surface area contributed by atoms with Crippen molar-refractivity contribution in [1.82, 2.24) is 4.90 Å². The van der Waals surface area contributed by atoms with E-state index in [1.54, 1.807) is 6.92 Å². The molecular formula is C9H13NO3S. The molecule has 0 unspecified atom stereocenters. The van der Waals surface area contributed by atoms with Crippen molar-refractivity contribution in [3.63, 3.8) is 0 Å². The summed E-state index contributed by atoms with van der Waals surface area (Å²) in [5.74, 6) is 0. The Balaban J connectivity index is 1.74. The molecule has 0 atom stereocenters. The second kappa shape index (κ2) is 3.15.